The zero-order chi connectivity index (χ0) is 13.6. The van der Waals surface area contributed by atoms with Crippen molar-refractivity contribution in [3.8, 4) is 0 Å². The molecule has 1 unspecified atom stereocenters. The Balaban J connectivity index is 2.17. The molecule has 0 aliphatic carbocycles. The Labute approximate surface area is 107 Å². The summed E-state index contributed by atoms with van der Waals surface area (Å²) in [5, 5.41) is 20.9. The number of aliphatic carboxylic acids is 1. The molecule has 1 aliphatic rings. The van der Waals surface area contributed by atoms with Crippen LogP contribution in [0, 0.1) is 0 Å². The van der Waals surface area contributed by atoms with Crippen LogP contribution in [0.15, 0.2) is 0 Å². The summed E-state index contributed by atoms with van der Waals surface area (Å²) in [4.78, 5) is 24.2. The molecular weight excluding hydrogens is 236 g/mol. The minimum absolute atomic E-state index is 0.0599. The second kappa shape index (κ2) is 6.70. The van der Waals surface area contributed by atoms with Crippen LogP contribution >= 0.6 is 0 Å². The first-order chi connectivity index (χ1) is 8.43. The van der Waals surface area contributed by atoms with Gasteiger partial charge < -0.3 is 20.4 Å². The highest BCUT2D eigenvalue weighted by molar-refractivity contribution is 5.77. The van der Waals surface area contributed by atoms with Crippen LogP contribution in [0.2, 0.25) is 0 Å². The number of carboxylic acids is 1. The summed E-state index contributed by atoms with van der Waals surface area (Å²) in [6.45, 7) is 3.21. The molecule has 1 atom stereocenters. The molecule has 0 spiro atoms. The highest BCUT2D eigenvalue weighted by atomic mass is 16.4. The Morgan fingerprint density at radius 2 is 1.89 bits per heavy atom. The third kappa shape index (κ3) is 4.62. The molecule has 1 aliphatic heterocycles. The van der Waals surface area contributed by atoms with E-state index in [4.69, 9.17) is 5.11 Å². The van der Waals surface area contributed by atoms with Crippen molar-refractivity contribution < 1.29 is 19.8 Å². The third-order valence-corrected chi connectivity index (χ3v) is 3.15. The van der Waals surface area contributed by atoms with Crippen LogP contribution in [0.4, 0.5) is 0 Å². The number of carbonyl (C=O) groups excluding carboxylic acids is 1. The molecule has 0 saturated carbocycles. The number of carbonyl (C=O) groups is 2. The van der Waals surface area contributed by atoms with Crippen molar-refractivity contribution in [2.24, 2.45) is 0 Å². The number of nitrogens with one attached hydrogen (secondary N) is 1. The van der Waals surface area contributed by atoms with E-state index >= 15 is 0 Å². The number of rotatable bonds is 6. The van der Waals surface area contributed by atoms with Gasteiger partial charge in [0.15, 0.2) is 5.60 Å². The maximum atomic E-state index is 11.8. The van der Waals surface area contributed by atoms with Crippen LogP contribution in [-0.2, 0) is 9.59 Å². The summed E-state index contributed by atoms with van der Waals surface area (Å²) in [6, 6.07) is 0. The number of hydrogen-bond donors (Lipinski definition) is 3. The van der Waals surface area contributed by atoms with Gasteiger partial charge >= 0.3 is 5.97 Å². The van der Waals surface area contributed by atoms with Gasteiger partial charge in [0.25, 0.3) is 0 Å². The molecule has 1 saturated heterocycles. The number of likely N-dealkylation sites (tertiary alicyclic amines) is 1. The van der Waals surface area contributed by atoms with Crippen LogP contribution in [-0.4, -0.2) is 58.8 Å². The lowest BCUT2D eigenvalue weighted by Gasteiger charge is -2.27. The summed E-state index contributed by atoms with van der Waals surface area (Å²) in [6.07, 6.45) is 3.65. The van der Waals surface area contributed by atoms with E-state index in [0.717, 1.165) is 25.9 Å². The van der Waals surface area contributed by atoms with E-state index < -0.39 is 11.6 Å². The van der Waals surface area contributed by atoms with Crippen molar-refractivity contribution in [3.05, 3.63) is 0 Å². The summed E-state index contributed by atoms with van der Waals surface area (Å²) < 4.78 is 0. The van der Waals surface area contributed by atoms with Gasteiger partial charge in [-0.1, -0.05) is 0 Å². The lowest BCUT2D eigenvalue weighted by atomic mass is 10.1. The first-order valence-electron chi connectivity index (χ1n) is 6.38. The monoisotopic (exact) mass is 258 g/mol. The minimum Gasteiger partial charge on any atom is -0.479 e. The predicted molar refractivity (Wildman–Crippen MR) is 66.2 cm³/mol. The highest BCUT2D eigenvalue weighted by Gasteiger charge is 2.29. The standard InChI is InChI=1S/C12H22N2O4/c1-12(18,11(16)17)9-13-6-5-10(15)14-7-3-2-4-8-14/h13,18H,2-9H2,1H3,(H,16,17). The van der Waals surface area contributed by atoms with E-state index in [2.05, 4.69) is 5.32 Å². The van der Waals surface area contributed by atoms with Gasteiger partial charge in [-0.05, 0) is 26.2 Å². The molecule has 1 heterocycles. The summed E-state index contributed by atoms with van der Waals surface area (Å²) >= 11 is 0. The van der Waals surface area contributed by atoms with Crippen molar-refractivity contribution in [3.63, 3.8) is 0 Å². The van der Waals surface area contributed by atoms with Gasteiger partial charge in [0.05, 0.1) is 0 Å². The lowest BCUT2D eigenvalue weighted by Crippen LogP contribution is -2.45. The Bertz CT molecular complexity index is 298. The molecule has 18 heavy (non-hydrogen) atoms. The molecule has 0 bridgehead atoms. The zero-order valence-electron chi connectivity index (χ0n) is 10.8. The van der Waals surface area contributed by atoms with Crippen molar-refractivity contribution in [1.29, 1.82) is 0 Å². The molecular formula is C12H22N2O4. The van der Waals surface area contributed by atoms with Gasteiger partial charge in [0.2, 0.25) is 5.91 Å². The molecule has 1 rings (SSSR count). The van der Waals surface area contributed by atoms with Crippen LogP contribution in [0.5, 0.6) is 0 Å². The van der Waals surface area contributed by atoms with E-state index in [0.29, 0.717) is 13.0 Å². The largest absolute Gasteiger partial charge is 0.479 e. The van der Waals surface area contributed by atoms with Crippen molar-refractivity contribution in [2.75, 3.05) is 26.2 Å². The van der Waals surface area contributed by atoms with Crippen molar-refractivity contribution >= 4 is 11.9 Å². The fraction of sp³-hybridized carbons (Fsp3) is 0.833. The van der Waals surface area contributed by atoms with Gasteiger partial charge in [-0.25, -0.2) is 4.79 Å². The fourth-order valence-electron chi connectivity index (χ4n) is 1.90. The van der Waals surface area contributed by atoms with E-state index in [1.165, 1.54) is 13.3 Å². The number of amides is 1. The predicted octanol–water partition coefficient (Wildman–Crippen LogP) is -0.186. The number of hydrogen-bond acceptors (Lipinski definition) is 4. The van der Waals surface area contributed by atoms with Crippen LogP contribution in [0.1, 0.15) is 32.6 Å². The fourth-order valence-corrected chi connectivity index (χ4v) is 1.90. The first kappa shape index (κ1) is 14.9. The van der Waals surface area contributed by atoms with Crippen LogP contribution in [0.3, 0.4) is 0 Å². The Kier molecular flexibility index (Phi) is 5.55. The summed E-state index contributed by atoms with van der Waals surface area (Å²) in [5.41, 5.74) is -1.78. The van der Waals surface area contributed by atoms with E-state index in [9.17, 15) is 14.7 Å². The average Bonchev–Trinajstić information content (AvgIpc) is 2.35. The zero-order valence-corrected chi connectivity index (χ0v) is 10.8. The normalized spacial score (nSPS) is 19.3. The lowest BCUT2D eigenvalue weighted by molar-refractivity contribution is -0.156. The smallest absolute Gasteiger partial charge is 0.336 e. The minimum atomic E-state index is -1.78. The van der Waals surface area contributed by atoms with Crippen LogP contribution in [0.25, 0.3) is 0 Å². The molecule has 1 fully saturated rings. The quantitative estimate of drug-likeness (QED) is 0.575. The van der Waals surface area contributed by atoms with Crippen LogP contribution < -0.4 is 5.32 Å². The number of carboxylic acid groups (broad SMARTS) is 1. The molecule has 6 heteroatoms. The van der Waals surface area contributed by atoms with Gasteiger partial charge in [0, 0.05) is 32.6 Å². The number of aliphatic hydroxyl groups is 1. The topological polar surface area (TPSA) is 89.9 Å². The second-order valence-electron chi connectivity index (χ2n) is 4.95. The third-order valence-electron chi connectivity index (χ3n) is 3.15. The summed E-state index contributed by atoms with van der Waals surface area (Å²) in [5.74, 6) is -1.17. The highest BCUT2D eigenvalue weighted by Crippen LogP contribution is 2.09. The van der Waals surface area contributed by atoms with Gasteiger partial charge in [-0.15, -0.1) is 0 Å². The Hall–Kier alpha value is -1.14. The Morgan fingerprint density at radius 1 is 1.28 bits per heavy atom. The van der Waals surface area contributed by atoms with Gasteiger partial charge in [-0.2, -0.15) is 0 Å². The summed E-state index contributed by atoms with van der Waals surface area (Å²) in [7, 11) is 0. The SMILES string of the molecule is CC(O)(CNCCC(=O)N1CCCCC1)C(=O)O. The number of nitrogens with zero attached hydrogens (tertiary/aromatic N) is 1. The molecule has 0 aromatic carbocycles. The molecule has 3 N–H and O–H groups in total. The number of piperidine rings is 1. The first-order valence-corrected chi connectivity index (χ1v) is 6.38. The molecule has 104 valence electrons. The van der Waals surface area contributed by atoms with E-state index in [-0.39, 0.29) is 12.5 Å². The molecule has 1 amide bonds. The molecule has 0 aromatic heterocycles. The van der Waals surface area contributed by atoms with Crippen molar-refractivity contribution in [2.45, 2.75) is 38.2 Å². The average molecular weight is 258 g/mol. The van der Waals surface area contributed by atoms with E-state index in [1.54, 1.807) is 0 Å². The molecule has 0 radical (unpaired) electrons. The van der Waals surface area contributed by atoms with Gasteiger partial charge in [-0.3, -0.25) is 4.79 Å². The van der Waals surface area contributed by atoms with E-state index in [1.807, 2.05) is 4.90 Å². The second-order valence-corrected chi connectivity index (χ2v) is 4.95. The molecule has 0 aromatic rings. The molecule has 6 nitrogen and oxygen atoms in total. The van der Waals surface area contributed by atoms with Crippen molar-refractivity contribution in [1.82, 2.24) is 10.2 Å². The maximum Gasteiger partial charge on any atom is 0.336 e. The maximum absolute atomic E-state index is 11.8. The Morgan fingerprint density at radius 3 is 2.44 bits per heavy atom. The van der Waals surface area contributed by atoms with Gasteiger partial charge in [0.1, 0.15) is 0 Å².